The fraction of sp³-hybridized carbons (Fsp3) is 0.417. The van der Waals surface area contributed by atoms with Gasteiger partial charge in [-0.1, -0.05) is 11.3 Å². The van der Waals surface area contributed by atoms with Gasteiger partial charge in [0, 0.05) is 32.1 Å². The number of aliphatic hydroxyl groups is 1. The molecule has 0 aliphatic heterocycles. The molecule has 1 N–H and O–H groups in total. The van der Waals surface area contributed by atoms with Gasteiger partial charge in [0.25, 0.3) is 0 Å². The van der Waals surface area contributed by atoms with Crippen LogP contribution in [0.5, 0.6) is 0 Å². The highest BCUT2D eigenvalue weighted by Crippen LogP contribution is 2.03. The summed E-state index contributed by atoms with van der Waals surface area (Å²) in [6.07, 6.45) is 5.25. The Balaban J connectivity index is 1.94. The van der Waals surface area contributed by atoms with Crippen LogP contribution in [0.2, 0.25) is 0 Å². The van der Waals surface area contributed by atoms with Crippen LogP contribution in [0.1, 0.15) is 11.3 Å². The third kappa shape index (κ3) is 3.61. The van der Waals surface area contributed by atoms with Gasteiger partial charge in [-0.15, -0.1) is 5.10 Å². The molecule has 0 radical (unpaired) electrons. The molecule has 18 heavy (non-hydrogen) atoms. The van der Waals surface area contributed by atoms with E-state index in [0.717, 1.165) is 11.3 Å². The molecule has 2 aromatic heterocycles. The third-order valence-corrected chi connectivity index (χ3v) is 2.46. The van der Waals surface area contributed by atoms with Crippen LogP contribution in [0, 0.1) is 0 Å². The molecule has 2 aromatic rings. The second-order valence-electron chi connectivity index (χ2n) is 4.08. The molecule has 0 amide bonds. The Morgan fingerprint density at radius 3 is 3.11 bits per heavy atom. The molecule has 0 saturated heterocycles. The van der Waals surface area contributed by atoms with Crippen molar-refractivity contribution in [3.05, 3.63) is 42.0 Å². The van der Waals surface area contributed by atoms with Crippen molar-refractivity contribution >= 4 is 0 Å². The fourth-order valence-electron chi connectivity index (χ4n) is 1.68. The molecule has 0 saturated carbocycles. The van der Waals surface area contributed by atoms with Crippen molar-refractivity contribution in [2.45, 2.75) is 19.1 Å². The zero-order valence-electron chi connectivity index (χ0n) is 10.2. The average Bonchev–Trinajstić information content (AvgIpc) is 2.78. The van der Waals surface area contributed by atoms with Crippen LogP contribution in [-0.4, -0.2) is 44.9 Å². The van der Waals surface area contributed by atoms with Gasteiger partial charge in [-0.2, -0.15) is 0 Å². The fourth-order valence-corrected chi connectivity index (χ4v) is 1.68. The number of hydrogen-bond donors (Lipinski definition) is 1. The van der Waals surface area contributed by atoms with Crippen molar-refractivity contribution < 1.29 is 9.84 Å². The van der Waals surface area contributed by atoms with Gasteiger partial charge in [0.1, 0.15) is 0 Å². The summed E-state index contributed by atoms with van der Waals surface area (Å²) in [7, 11) is 1.56. The molecule has 96 valence electrons. The lowest BCUT2D eigenvalue weighted by molar-refractivity contribution is 0.0644. The largest absolute Gasteiger partial charge is 0.390 e. The van der Waals surface area contributed by atoms with E-state index in [0.29, 0.717) is 19.6 Å². The molecule has 0 aromatic carbocycles. The predicted molar refractivity (Wildman–Crippen MR) is 64.9 cm³/mol. The SMILES string of the molecule is COCC(O)Cc1cn(Cc2cccnc2)nn1. The molecule has 0 spiro atoms. The number of aliphatic hydroxyl groups excluding tert-OH is 1. The summed E-state index contributed by atoms with van der Waals surface area (Å²) in [5.74, 6) is 0. The van der Waals surface area contributed by atoms with E-state index < -0.39 is 6.10 Å². The summed E-state index contributed by atoms with van der Waals surface area (Å²) in [5.41, 5.74) is 1.81. The Bertz CT molecular complexity index is 472. The van der Waals surface area contributed by atoms with Crippen LogP contribution in [0.3, 0.4) is 0 Å². The zero-order chi connectivity index (χ0) is 12.8. The Morgan fingerprint density at radius 1 is 1.50 bits per heavy atom. The summed E-state index contributed by atoms with van der Waals surface area (Å²) in [6.45, 7) is 0.927. The molecule has 0 fully saturated rings. The molecule has 0 aliphatic carbocycles. The number of ether oxygens (including phenoxy) is 1. The van der Waals surface area contributed by atoms with Crippen LogP contribution < -0.4 is 0 Å². The number of pyridine rings is 1. The molecule has 1 atom stereocenters. The molecule has 1 unspecified atom stereocenters. The lowest BCUT2D eigenvalue weighted by atomic mass is 10.2. The summed E-state index contributed by atoms with van der Waals surface area (Å²) in [6, 6.07) is 3.86. The first-order chi connectivity index (χ1) is 8.78. The maximum absolute atomic E-state index is 9.59. The quantitative estimate of drug-likeness (QED) is 0.794. The van der Waals surface area contributed by atoms with Gasteiger partial charge in [-0.05, 0) is 11.6 Å². The van der Waals surface area contributed by atoms with E-state index in [1.807, 2.05) is 18.3 Å². The Morgan fingerprint density at radius 2 is 2.39 bits per heavy atom. The molecule has 0 aliphatic rings. The van der Waals surface area contributed by atoms with Crippen molar-refractivity contribution in [2.24, 2.45) is 0 Å². The topological polar surface area (TPSA) is 73.1 Å². The van der Waals surface area contributed by atoms with Crippen LogP contribution in [-0.2, 0) is 17.7 Å². The molecule has 2 rings (SSSR count). The summed E-state index contributed by atoms with van der Waals surface area (Å²) < 4.78 is 6.59. The van der Waals surface area contributed by atoms with Gasteiger partial charge in [0.2, 0.25) is 0 Å². The zero-order valence-corrected chi connectivity index (χ0v) is 10.2. The number of nitrogens with zero attached hydrogens (tertiary/aromatic N) is 4. The van der Waals surface area contributed by atoms with Crippen LogP contribution in [0.4, 0.5) is 0 Å². The number of rotatable bonds is 6. The Hall–Kier alpha value is -1.79. The number of hydrogen-bond acceptors (Lipinski definition) is 5. The highest BCUT2D eigenvalue weighted by Gasteiger charge is 2.08. The summed E-state index contributed by atoms with van der Waals surface area (Å²) in [5, 5.41) is 17.6. The van der Waals surface area contributed by atoms with Crippen molar-refractivity contribution in [3.8, 4) is 0 Å². The predicted octanol–water partition coefficient (Wildman–Crippen LogP) is 0.271. The van der Waals surface area contributed by atoms with Crippen LogP contribution in [0.25, 0.3) is 0 Å². The average molecular weight is 248 g/mol. The standard InChI is InChI=1S/C12H16N4O2/c1-18-9-12(17)5-11-8-16(15-14-11)7-10-3-2-4-13-6-10/h2-4,6,8,12,17H,5,7,9H2,1H3. The van der Waals surface area contributed by atoms with Crippen molar-refractivity contribution in [1.29, 1.82) is 0 Å². The summed E-state index contributed by atoms with van der Waals surface area (Å²) >= 11 is 0. The number of aromatic nitrogens is 4. The van der Waals surface area contributed by atoms with Gasteiger partial charge >= 0.3 is 0 Å². The van der Waals surface area contributed by atoms with E-state index >= 15 is 0 Å². The second-order valence-corrected chi connectivity index (χ2v) is 4.08. The second kappa shape index (κ2) is 6.23. The van der Waals surface area contributed by atoms with Crippen molar-refractivity contribution in [3.63, 3.8) is 0 Å². The Labute approximate surface area is 105 Å². The smallest absolute Gasteiger partial charge is 0.0853 e. The van der Waals surface area contributed by atoms with Crippen LogP contribution in [0.15, 0.2) is 30.7 Å². The van der Waals surface area contributed by atoms with Crippen molar-refractivity contribution in [1.82, 2.24) is 20.0 Å². The monoisotopic (exact) mass is 248 g/mol. The highest BCUT2D eigenvalue weighted by atomic mass is 16.5. The van der Waals surface area contributed by atoms with Gasteiger partial charge < -0.3 is 9.84 Å². The molecule has 2 heterocycles. The minimum absolute atomic E-state index is 0.301. The van der Waals surface area contributed by atoms with Gasteiger partial charge in [0.05, 0.1) is 24.9 Å². The van der Waals surface area contributed by atoms with Crippen LogP contribution >= 0.6 is 0 Å². The Kier molecular flexibility index (Phi) is 4.38. The van der Waals surface area contributed by atoms with E-state index in [4.69, 9.17) is 4.74 Å². The molecule has 0 bridgehead atoms. The first kappa shape index (κ1) is 12.7. The molecule has 6 heteroatoms. The molecule has 6 nitrogen and oxygen atoms in total. The first-order valence-electron chi connectivity index (χ1n) is 5.73. The van der Waals surface area contributed by atoms with E-state index in [9.17, 15) is 5.11 Å². The lowest BCUT2D eigenvalue weighted by Crippen LogP contribution is -2.17. The van der Waals surface area contributed by atoms with Gasteiger partial charge in [-0.3, -0.25) is 4.98 Å². The molecular weight excluding hydrogens is 232 g/mol. The third-order valence-electron chi connectivity index (χ3n) is 2.46. The maximum atomic E-state index is 9.59. The minimum Gasteiger partial charge on any atom is -0.390 e. The normalized spacial score (nSPS) is 12.6. The van der Waals surface area contributed by atoms with E-state index in [2.05, 4.69) is 15.3 Å². The number of methoxy groups -OCH3 is 1. The van der Waals surface area contributed by atoms with E-state index in [1.54, 1.807) is 24.2 Å². The van der Waals surface area contributed by atoms with Gasteiger partial charge in [-0.25, -0.2) is 4.68 Å². The highest BCUT2D eigenvalue weighted by molar-refractivity contribution is 5.09. The first-order valence-corrected chi connectivity index (χ1v) is 5.73. The minimum atomic E-state index is -0.543. The summed E-state index contributed by atoms with van der Waals surface area (Å²) in [4.78, 5) is 4.04. The van der Waals surface area contributed by atoms with Crippen molar-refractivity contribution in [2.75, 3.05) is 13.7 Å². The van der Waals surface area contributed by atoms with E-state index in [-0.39, 0.29) is 0 Å². The van der Waals surface area contributed by atoms with E-state index in [1.165, 1.54) is 0 Å². The van der Waals surface area contributed by atoms with Gasteiger partial charge in [0.15, 0.2) is 0 Å². The lowest BCUT2D eigenvalue weighted by Gasteiger charge is -2.05. The molecular formula is C12H16N4O2. The maximum Gasteiger partial charge on any atom is 0.0853 e.